The molecule has 7 nitrogen and oxygen atoms in total. The Kier molecular flexibility index (Phi) is 4.12. The average Bonchev–Trinajstić information content (AvgIpc) is 2.94. The molecule has 1 aromatic heterocycles. The third-order valence-corrected chi connectivity index (χ3v) is 5.85. The second-order valence-corrected chi connectivity index (χ2v) is 7.41. The Morgan fingerprint density at radius 1 is 1.33 bits per heavy atom. The molecule has 0 bridgehead atoms. The van der Waals surface area contributed by atoms with Gasteiger partial charge in [-0.25, -0.2) is 24.0 Å². The standard InChI is InChI=1S/C13H21N5O2S/c14-16-13-9-12(3-5-15-13)21(19,20)17-10-4-7-18-6-1-2-11(18)8-10/h3,5,9-11,17H,1-2,4,6-8,14H2,(H,15,16). The Labute approximate surface area is 124 Å². The molecule has 2 aliphatic rings. The zero-order valence-corrected chi connectivity index (χ0v) is 12.6. The van der Waals surface area contributed by atoms with Gasteiger partial charge >= 0.3 is 0 Å². The zero-order valence-electron chi connectivity index (χ0n) is 11.8. The van der Waals surface area contributed by atoms with Crippen LogP contribution in [0, 0.1) is 0 Å². The molecule has 2 fully saturated rings. The van der Waals surface area contributed by atoms with E-state index in [9.17, 15) is 8.42 Å². The molecule has 2 atom stereocenters. The number of rotatable bonds is 4. The summed E-state index contributed by atoms with van der Waals surface area (Å²) in [5, 5.41) is 0. The second kappa shape index (κ2) is 5.88. The lowest BCUT2D eigenvalue weighted by molar-refractivity contribution is 0.176. The number of sulfonamides is 1. The van der Waals surface area contributed by atoms with Crippen molar-refractivity contribution in [1.29, 1.82) is 0 Å². The average molecular weight is 311 g/mol. The van der Waals surface area contributed by atoms with Gasteiger partial charge in [-0.3, -0.25) is 0 Å². The van der Waals surface area contributed by atoms with E-state index >= 15 is 0 Å². The van der Waals surface area contributed by atoms with Crippen molar-refractivity contribution in [2.45, 2.75) is 42.7 Å². The Morgan fingerprint density at radius 3 is 3.00 bits per heavy atom. The van der Waals surface area contributed by atoms with Crippen LogP contribution in [0.5, 0.6) is 0 Å². The van der Waals surface area contributed by atoms with E-state index in [1.807, 2.05) is 0 Å². The number of piperidine rings is 1. The van der Waals surface area contributed by atoms with Crippen LogP contribution in [-0.4, -0.2) is 43.5 Å². The molecule has 2 saturated heterocycles. The van der Waals surface area contributed by atoms with Crippen molar-refractivity contribution >= 4 is 15.8 Å². The Balaban J connectivity index is 1.70. The van der Waals surface area contributed by atoms with Gasteiger partial charge in [0, 0.05) is 24.3 Å². The first kappa shape index (κ1) is 14.7. The van der Waals surface area contributed by atoms with Crippen molar-refractivity contribution in [3.63, 3.8) is 0 Å². The van der Waals surface area contributed by atoms with Crippen LogP contribution >= 0.6 is 0 Å². The fourth-order valence-corrected chi connectivity index (χ4v) is 4.57. The van der Waals surface area contributed by atoms with Crippen LogP contribution in [0.4, 0.5) is 5.82 Å². The van der Waals surface area contributed by atoms with Gasteiger partial charge in [0.15, 0.2) is 0 Å². The van der Waals surface area contributed by atoms with Gasteiger partial charge in [0.05, 0.1) is 4.90 Å². The highest BCUT2D eigenvalue weighted by Crippen LogP contribution is 2.27. The van der Waals surface area contributed by atoms with E-state index < -0.39 is 10.0 Å². The molecule has 3 heterocycles. The van der Waals surface area contributed by atoms with Crippen molar-refractivity contribution in [1.82, 2.24) is 14.6 Å². The number of hydrazine groups is 1. The molecular formula is C13H21N5O2S. The summed E-state index contributed by atoms with van der Waals surface area (Å²) in [6, 6.07) is 3.46. The first-order chi connectivity index (χ1) is 10.1. The largest absolute Gasteiger partial charge is 0.308 e. The molecular weight excluding hydrogens is 290 g/mol. The first-order valence-corrected chi connectivity index (χ1v) is 8.76. The summed E-state index contributed by atoms with van der Waals surface area (Å²) in [4.78, 5) is 6.59. The van der Waals surface area contributed by atoms with Crippen LogP contribution < -0.4 is 16.0 Å². The highest BCUT2D eigenvalue weighted by atomic mass is 32.2. The van der Waals surface area contributed by atoms with Crippen LogP contribution in [0.15, 0.2) is 23.2 Å². The lowest BCUT2D eigenvalue weighted by atomic mass is 9.99. The van der Waals surface area contributed by atoms with Crippen molar-refractivity contribution in [3.05, 3.63) is 18.3 Å². The van der Waals surface area contributed by atoms with Gasteiger partial charge in [0.1, 0.15) is 5.82 Å². The summed E-state index contributed by atoms with van der Waals surface area (Å²) >= 11 is 0. The molecule has 0 aliphatic carbocycles. The smallest absolute Gasteiger partial charge is 0.241 e. The van der Waals surface area contributed by atoms with Gasteiger partial charge in [0.2, 0.25) is 10.0 Å². The molecule has 2 aliphatic heterocycles. The molecule has 0 radical (unpaired) electrons. The summed E-state index contributed by atoms with van der Waals surface area (Å²) in [7, 11) is -3.53. The van der Waals surface area contributed by atoms with Crippen LogP contribution in [-0.2, 0) is 10.0 Å². The number of hydrogen-bond donors (Lipinski definition) is 3. The number of hydrogen-bond acceptors (Lipinski definition) is 6. The van der Waals surface area contributed by atoms with E-state index in [0.717, 1.165) is 25.9 Å². The summed E-state index contributed by atoms with van der Waals surface area (Å²) in [5.74, 6) is 5.61. The Bertz CT molecular complexity index is 606. The van der Waals surface area contributed by atoms with E-state index in [4.69, 9.17) is 5.84 Å². The van der Waals surface area contributed by atoms with Gasteiger partial charge in [0.25, 0.3) is 0 Å². The quantitative estimate of drug-likeness (QED) is 0.545. The third-order valence-electron chi connectivity index (χ3n) is 4.33. The fourth-order valence-electron chi connectivity index (χ4n) is 3.28. The summed E-state index contributed by atoms with van der Waals surface area (Å²) in [6.45, 7) is 2.13. The van der Waals surface area contributed by atoms with Crippen LogP contribution in [0.2, 0.25) is 0 Å². The highest BCUT2D eigenvalue weighted by molar-refractivity contribution is 7.89. The van der Waals surface area contributed by atoms with E-state index in [0.29, 0.717) is 11.9 Å². The lowest BCUT2D eigenvalue weighted by Gasteiger charge is -2.34. The number of nitrogen functional groups attached to an aromatic ring is 1. The molecule has 8 heteroatoms. The van der Waals surface area contributed by atoms with Crippen LogP contribution in [0.1, 0.15) is 25.7 Å². The predicted octanol–water partition coefficient (Wildman–Crippen LogP) is 0.272. The van der Waals surface area contributed by atoms with Crippen LogP contribution in [0.25, 0.3) is 0 Å². The number of aromatic nitrogens is 1. The number of nitrogens with one attached hydrogen (secondary N) is 2. The third kappa shape index (κ3) is 3.18. The van der Waals surface area contributed by atoms with Crippen molar-refractivity contribution < 1.29 is 8.42 Å². The molecule has 116 valence electrons. The number of nitrogens with two attached hydrogens (primary N) is 1. The molecule has 3 rings (SSSR count). The molecule has 0 spiro atoms. The minimum Gasteiger partial charge on any atom is -0.308 e. The summed E-state index contributed by atoms with van der Waals surface area (Å²) in [5.41, 5.74) is 2.36. The SMILES string of the molecule is NNc1cc(S(=O)(=O)NC2CCN3CCCC3C2)ccn1. The molecule has 2 unspecified atom stereocenters. The summed E-state index contributed by atoms with van der Waals surface area (Å²) in [6.07, 6.45) is 5.59. The van der Waals surface area contributed by atoms with Crippen LogP contribution in [0.3, 0.4) is 0 Å². The maximum absolute atomic E-state index is 12.4. The molecule has 1 aromatic rings. The topological polar surface area (TPSA) is 100 Å². The molecule has 0 aromatic carbocycles. The van der Waals surface area contributed by atoms with E-state index in [1.54, 1.807) is 0 Å². The lowest BCUT2D eigenvalue weighted by Crippen LogP contribution is -2.47. The van der Waals surface area contributed by atoms with Gasteiger partial charge in [-0.05, 0) is 44.8 Å². The number of pyridine rings is 1. The summed E-state index contributed by atoms with van der Waals surface area (Å²) < 4.78 is 27.7. The minimum atomic E-state index is -3.53. The number of nitrogens with zero attached hydrogens (tertiary/aromatic N) is 2. The van der Waals surface area contributed by atoms with Gasteiger partial charge < -0.3 is 10.3 Å². The zero-order chi connectivity index (χ0) is 14.9. The van der Waals surface area contributed by atoms with Gasteiger partial charge in [-0.15, -0.1) is 0 Å². The number of fused-ring (bicyclic) bond motifs is 1. The minimum absolute atomic E-state index is 0.0109. The molecule has 0 saturated carbocycles. The van der Waals surface area contributed by atoms with E-state index in [-0.39, 0.29) is 10.9 Å². The second-order valence-electron chi connectivity index (χ2n) is 5.70. The predicted molar refractivity (Wildman–Crippen MR) is 80.0 cm³/mol. The highest BCUT2D eigenvalue weighted by Gasteiger charge is 2.33. The Hall–Kier alpha value is -1.22. The van der Waals surface area contributed by atoms with Crippen molar-refractivity contribution in [3.8, 4) is 0 Å². The monoisotopic (exact) mass is 311 g/mol. The van der Waals surface area contributed by atoms with E-state index in [2.05, 4.69) is 20.0 Å². The van der Waals surface area contributed by atoms with Crippen molar-refractivity contribution in [2.24, 2.45) is 5.84 Å². The molecule has 4 N–H and O–H groups in total. The van der Waals surface area contributed by atoms with Gasteiger partial charge in [-0.1, -0.05) is 0 Å². The molecule has 0 amide bonds. The maximum atomic E-state index is 12.4. The van der Waals surface area contributed by atoms with Gasteiger partial charge in [-0.2, -0.15) is 0 Å². The normalized spacial score (nSPS) is 26.5. The molecule has 21 heavy (non-hydrogen) atoms. The van der Waals surface area contributed by atoms with E-state index in [1.165, 1.54) is 31.2 Å². The van der Waals surface area contributed by atoms with Crippen molar-refractivity contribution in [2.75, 3.05) is 18.5 Å². The maximum Gasteiger partial charge on any atom is 0.241 e. The Morgan fingerprint density at radius 2 is 2.19 bits per heavy atom. The fraction of sp³-hybridized carbons (Fsp3) is 0.615. The number of anilines is 1. The first-order valence-electron chi connectivity index (χ1n) is 7.27.